The van der Waals surface area contributed by atoms with Crippen molar-refractivity contribution in [3.05, 3.63) is 119 Å². The van der Waals surface area contributed by atoms with E-state index in [9.17, 15) is 19.2 Å². The summed E-state index contributed by atoms with van der Waals surface area (Å²) in [5, 5.41) is 0. The van der Waals surface area contributed by atoms with Crippen molar-refractivity contribution in [2.75, 3.05) is 40.4 Å². The summed E-state index contributed by atoms with van der Waals surface area (Å²) in [6, 6.07) is 32.5. The normalized spacial score (nSPS) is 14.7. The fraction of sp³-hybridized carbons (Fsp3) is 0.333. The molecule has 0 aromatic heterocycles. The maximum Gasteiger partial charge on any atom is 0.280 e. The molecule has 4 aromatic rings. The average molecular weight is 704 g/mol. The van der Waals surface area contributed by atoms with Gasteiger partial charge < -0.3 is 53.9 Å². The second-order valence-electron chi connectivity index (χ2n) is 10.6. The van der Waals surface area contributed by atoms with Crippen molar-refractivity contribution in [3.8, 4) is 0 Å². The van der Waals surface area contributed by atoms with E-state index in [1.807, 2.05) is 34.1 Å². The summed E-state index contributed by atoms with van der Waals surface area (Å²) in [5.74, 6) is 0.913. The summed E-state index contributed by atoms with van der Waals surface area (Å²) in [5.41, 5.74) is 2.46. The molecular formula is C36H36Fe2N2O6-8. The SMILES string of the molecule is COC(=O)[c-]1cccc1.COC(=O)[c-]1cccc1.O=C([c-]1[c-][c-][c-][c-]1)N1CCC(C2CCN(C(=O)[c-]3cccc3)CC2)CC1.[Fe].[Fe]. The Balaban J connectivity index is 0.000000303. The molecule has 2 heterocycles. The molecule has 2 saturated heterocycles. The summed E-state index contributed by atoms with van der Waals surface area (Å²) in [7, 11) is 2.74. The van der Waals surface area contributed by atoms with Crippen LogP contribution in [0.3, 0.4) is 0 Å². The molecule has 0 saturated carbocycles. The molecule has 2 fully saturated rings. The van der Waals surface area contributed by atoms with Crippen LogP contribution in [0.2, 0.25) is 0 Å². The summed E-state index contributed by atoms with van der Waals surface area (Å²) in [4.78, 5) is 50.0. The minimum Gasteiger partial charge on any atom is -0.886 e. The number of nitrogens with zero attached hydrogens (tertiary/aromatic N) is 2. The maximum atomic E-state index is 12.4. The Morgan fingerprint density at radius 3 is 1.24 bits per heavy atom. The smallest absolute Gasteiger partial charge is 0.280 e. The Morgan fingerprint density at radius 2 is 0.891 bits per heavy atom. The zero-order valence-electron chi connectivity index (χ0n) is 25.8. The van der Waals surface area contributed by atoms with E-state index in [4.69, 9.17) is 0 Å². The van der Waals surface area contributed by atoms with Crippen LogP contribution in [0.15, 0.2) is 72.8 Å². The van der Waals surface area contributed by atoms with Crippen molar-refractivity contribution in [2.24, 2.45) is 11.8 Å². The topological polar surface area (TPSA) is 93.2 Å². The van der Waals surface area contributed by atoms with E-state index in [1.54, 1.807) is 48.5 Å². The van der Waals surface area contributed by atoms with E-state index in [0.717, 1.165) is 57.4 Å². The van der Waals surface area contributed by atoms with Gasteiger partial charge in [-0.3, -0.25) is 14.4 Å². The molecule has 0 radical (unpaired) electrons. The first kappa shape index (κ1) is 38.5. The number of rotatable bonds is 5. The molecule has 0 N–H and O–H groups in total. The molecule has 2 aliphatic heterocycles. The first-order chi connectivity index (χ1) is 21.4. The predicted octanol–water partition coefficient (Wildman–Crippen LogP) is 5.11. The van der Waals surface area contributed by atoms with Gasteiger partial charge in [-0.1, -0.05) is 16.7 Å². The third-order valence-corrected chi connectivity index (χ3v) is 8.05. The average Bonchev–Trinajstić information content (AvgIpc) is 3.92. The molecule has 250 valence electrons. The molecule has 0 spiro atoms. The van der Waals surface area contributed by atoms with E-state index in [0.29, 0.717) is 28.5 Å². The van der Waals surface area contributed by atoms with Crippen molar-refractivity contribution >= 4 is 23.8 Å². The van der Waals surface area contributed by atoms with Crippen LogP contribution in [0.5, 0.6) is 0 Å². The number of likely N-dealkylation sites (tertiary alicyclic amines) is 2. The Kier molecular flexibility index (Phi) is 16.5. The molecule has 2 amide bonds. The van der Waals surface area contributed by atoms with Crippen LogP contribution in [-0.2, 0) is 43.6 Å². The van der Waals surface area contributed by atoms with Gasteiger partial charge in [-0.2, -0.15) is 42.3 Å². The molecule has 4 aromatic carbocycles. The van der Waals surface area contributed by atoms with Crippen LogP contribution in [-0.4, -0.2) is 74.0 Å². The predicted molar refractivity (Wildman–Crippen MR) is 163 cm³/mol. The standard InChI is InChI=1S/C22H22N2O2.2C7H7O2.2Fe/c25-21(19-5-1-2-6-19)23-13-9-17(10-14-23)18-11-15-24(16-12-18)22(26)20-7-3-4-8-20;2*1-9-7(8)6-4-2-3-5-6;;/h1-2,5-6,17-18H,9-16H2;2*2-5H,1H3;;/q-6;2*-1;;. The van der Waals surface area contributed by atoms with Crippen LogP contribution < -0.4 is 0 Å². The number of piperidine rings is 2. The van der Waals surface area contributed by atoms with Gasteiger partial charge in [0.05, 0.1) is 14.2 Å². The van der Waals surface area contributed by atoms with Crippen LogP contribution >= 0.6 is 0 Å². The number of esters is 2. The maximum absolute atomic E-state index is 12.4. The largest absolute Gasteiger partial charge is 0.886 e. The van der Waals surface area contributed by atoms with Gasteiger partial charge in [0.2, 0.25) is 0 Å². The second-order valence-corrected chi connectivity index (χ2v) is 10.6. The van der Waals surface area contributed by atoms with E-state index >= 15 is 0 Å². The molecule has 0 aliphatic carbocycles. The molecule has 0 unspecified atom stereocenters. The Hall–Kier alpha value is -3.68. The fourth-order valence-corrected chi connectivity index (χ4v) is 5.59. The number of amides is 2. The molecule has 46 heavy (non-hydrogen) atoms. The summed E-state index contributed by atoms with van der Waals surface area (Å²) in [6.45, 7) is 3.28. The van der Waals surface area contributed by atoms with Crippen LogP contribution in [0.25, 0.3) is 0 Å². The molecule has 10 heteroatoms. The zero-order valence-corrected chi connectivity index (χ0v) is 28.0. The molecule has 0 bridgehead atoms. The van der Waals surface area contributed by atoms with Crippen molar-refractivity contribution < 1.29 is 62.8 Å². The van der Waals surface area contributed by atoms with E-state index in [1.165, 1.54) is 14.2 Å². The van der Waals surface area contributed by atoms with Crippen molar-refractivity contribution in [1.29, 1.82) is 0 Å². The summed E-state index contributed by atoms with van der Waals surface area (Å²) >= 11 is 0. The minimum atomic E-state index is -0.278. The van der Waals surface area contributed by atoms with Crippen LogP contribution in [0.4, 0.5) is 0 Å². The number of methoxy groups -OCH3 is 2. The van der Waals surface area contributed by atoms with Gasteiger partial charge in [0.25, 0.3) is 11.9 Å². The van der Waals surface area contributed by atoms with Gasteiger partial charge in [-0.15, -0.1) is 0 Å². The van der Waals surface area contributed by atoms with Crippen LogP contribution in [0, 0.1) is 36.1 Å². The molecule has 6 rings (SSSR count). The van der Waals surface area contributed by atoms with Crippen molar-refractivity contribution in [1.82, 2.24) is 9.80 Å². The van der Waals surface area contributed by atoms with E-state index in [2.05, 4.69) is 33.7 Å². The minimum absolute atomic E-state index is 0. The van der Waals surface area contributed by atoms with Gasteiger partial charge in [0.15, 0.2) is 5.91 Å². The van der Waals surface area contributed by atoms with Gasteiger partial charge in [-0.05, 0) is 50.6 Å². The first-order valence-electron chi connectivity index (χ1n) is 14.7. The molecule has 0 atom stereocenters. The number of carbonyl (C=O) groups is 4. The first-order valence-corrected chi connectivity index (χ1v) is 14.7. The summed E-state index contributed by atoms with van der Waals surface area (Å²) in [6.07, 6.45) is 4.22. The van der Waals surface area contributed by atoms with Gasteiger partial charge >= 0.3 is 0 Å². The van der Waals surface area contributed by atoms with Gasteiger partial charge in [0, 0.05) is 47.2 Å². The fourth-order valence-electron chi connectivity index (χ4n) is 5.59. The van der Waals surface area contributed by atoms with E-state index < -0.39 is 0 Å². The van der Waals surface area contributed by atoms with Gasteiger partial charge in [-0.25, -0.2) is 36.4 Å². The third-order valence-electron chi connectivity index (χ3n) is 8.05. The number of ether oxygens (including phenoxy) is 2. The number of hydrogen-bond donors (Lipinski definition) is 0. The van der Waals surface area contributed by atoms with E-state index in [-0.39, 0.29) is 57.9 Å². The van der Waals surface area contributed by atoms with Crippen molar-refractivity contribution in [2.45, 2.75) is 25.7 Å². The monoisotopic (exact) mass is 704 g/mol. The summed E-state index contributed by atoms with van der Waals surface area (Å²) < 4.78 is 8.91. The second kappa shape index (κ2) is 19.7. The van der Waals surface area contributed by atoms with Gasteiger partial charge in [0.1, 0.15) is 0 Å². The zero-order chi connectivity index (χ0) is 31.3. The molecular weight excluding hydrogens is 668 g/mol. The quantitative estimate of drug-likeness (QED) is 0.163. The van der Waals surface area contributed by atoms with Crippen LogP contribution in [0.1, 0.15) is 67.1 Å². The Labute approximate surface area is 292 Å². The number of carbonyl (C=O) groups excluding carboxylic acids is 4. The van der Waals surface area contributed by atoms with Crippen molar-refractivity contribution in [3.63, 3.8) is 0 Å². The number of hydrogen-bond acceptors (Lipinski definition) is 6. The Bertz CT molecular complexity index is 1300. The molecule has 8 nitrogen and oxygen atoms in total. The molecule has 2 aliphatic rings. The Morgan fingerprint density at radius 1 is 0.565 bits per heavy atom. The third kappa shape index (κ3) is 10.7.